The SMILES string of the molecule is Cc1cc(F)ccc1CCC(=O)C1CCCC1. The maximum absolute atomic E-state index is 12.9. The van der Waals surface area contributed by atoms with Gasteiger partial charge in [0.1, 0.15) is 11.6 Å². The number of hydrogen-bond acceptors (Lipinski definition) is 1. The number of Topliss-reactive ketones (excluding diaryl/α,β-unsaturated/α-hetero) is 1. The Labute approximate surface area is 102 Å². The minimum atomic E-state index is -0.201. The summed E-state index contributed by atoms with van der Waals surface area (Å²) in [5, 5.41) is 0. The van der Waals surface area contributed by atoms with Crippen molar-refractivity contribution >= 4 is 5.78 Å². The van der Waals surface area contributed by atoms with Gasteiger partial charge >= 0.3 is 0 Å². The maximum Gasteiger partial charge on any atom is 0.136 e. The second-order valence-corrected chi connectivity index (χ2v) is 5.02. The van der Waals surface area contributed by atoms with E-state index in [2.05, 4.69) is 0 Å². The molecule has 1 aliphatic rings. The first-order chi connectivity index (χ1) is 8.16. The van der Waals surface area contributed by atoms with Crippen LogP contribution in [0.1, 0.15) is 43.2 Å². The van der Waals surface area contributed by atoms with Crippen LogP contribution >= 0.6 is 0 Å². The molecule has 1 aromatic rings. The molecule has 1 fully saturated rings. The number of carbonyl (C=O) groups excluding carboxylic acids is 1. The molecule has 0 aliphatic heterocycles. The predicted octanol–water partition coefficient (Wildman–Crippen LogP) is 3.83. The van der Waals surface area contributed by atoms with Crippen molar-refractivity contribution in [1.82, 2.24) is 0 Å². The lowest BCUT2D eigenvalue weighted by Gasteiger charge is -2.09. The third-order valence-electron chi connectivity index (χ3n) is 3.76. The number of halogens is 1. The van der Waals surface area contributed by atoms with Crippen molar-refractivity contribution in [2.45, 2.75) is 45.4 Å². The molecule has 1 aliphatic carbocycles. The van der Waals surface area contributed by atoms with Gasteiger partial charge in [0.2, 0.25) is 0 Å². The minimum absolute atomic E-state index is 0.201. The van der Waals surface area contributed by atoms with E-state index >= 15 is 0 Å². The number of rotatable bonds is 4. The van der Waals surface area contributed by atoms with Crippen LogP contribution in [0, 0.1) is 18.7 Å². The summed E-state index contributed by atoms with van der Waals surface area (Å²) in [5.74, 6) is 0.496. The molecule has 0 saturated heterocycles. The monoisotopic (exact) mass is 234 g/mol. The van der Waals surface area contributed by atoms with Gasteiger partial charge in [0.25, 0.3) is 0 Å². The molecule has 0 spiro atoms. The van der Waals surface area contributed by atoms with E-state index in [0.29, 0.717) is 18.1 Å². The van der Waals surface area contributed by atoms with E-state index in [4.69, 9.17) is 0 Å². The van der Waals surface area contributed by atoms with Gasteiger partial charge in [0.15, 0.2) is 0 Å². The Bertz CT molecular complexity index is 405. The Morgan fingerprint density at radius 2 is 2.06 bits per heavy atom. The average molecular weight is 234 g/mol. The Kier molecular flexibility index (Phi) is 3.93. The first-order valence-electron chi connectivity index (χ1n) is 6.44. The molecule has 0 amide bonds. The summed E-state index contributed by atoms with van der Waals surface area (Å²) in [4.78, 5) is 11.9. The van der Waals surface area contributed by atoms with E-state index in [1.165, 1.54) is 25.0 Å². The molecule has 0 N–H and O–H groups in total. The van der Waals surface area contributed by atoms with Gasteiger partial charge in [-0.25, -0.2) is 4.39 Å². The van der Waals surface area contributed by atoms with E-state index in [0.717, 1.165) is 30.4 Å². The highest BCUT2D eigenvalue weighted by Gasteiger charge is 2.22. The zero-order valence-corrected chi connectivity index (χ0v) is 10.3. The van der Waals surface area contributed by atoms with Gasteiger partial charge < -0.3 is 0 Å². The summed E-state index contributed by atoms with van der Waals surface area (Å²) >= 11 is 0. The summed E-state index contributed by atoms with van der Waals surface area (Å²) in [5.41, 5.74) is 2.04. The Balaban J connectivity index is 1.90. The van der Waals surface area contributed by atoms with E-state index < -0.39 is 0 Å². The minimum Gasteiger partial charge on any atom is -0.299 e. The van der Waals surface area contributed by atoms with Crippen LogP contribution in [0.5, 0.6) is 0 Å². The molecule has 1 aromatic carbocycles. The Morgan fingerprint density at radius 1 is 1.35 bits per heavy atom. The molecule has 92 valence electrons. The standard InChI is InChI=1S/C15H19FO/c1-11-10-14(16)8-6-12(11)7-9-15(17)13-4-2-3-5-13/h6,8,10,13H,2-5,7,9H2,1H3. The van der Waals surface area contributed by atoms with Crippen LogP contribution in [0.2, 0.25) is 0 Å². The second-order valence-electron chi connectivity index (χ2n) is 5.02. The molecule has 2 rings (SSSR count). The third kappa shape index (κ3) is 3.15. The zero-order valence-electron chi connectivity index (χ0n) is 10.3. The van der Waals surface area contributed by atoms with Crippen LogP contribution in [0.3, 0.4) is 0 Å². The van der Waals surface area contributed by atoms with Crippen LogP contribution in [0.4, 0.5) is 4.39 Å². The molecule has 1 nitrogen and oxygen atoms in total. The predicted molar refractivity (Wildman–Crippen MR) is 66.4 cm³/mol. The van der Waals surface area contributed by atoms with Crippen molar-refractivity contribution in [2.24, 2.45) is 5.92 Å². The number of aryl methyl sites for hydroxylation is 2. The Hall–Kier alpha value is -1.18. The largest absolute Gasteiger partial charge is 0.299 e. The topological polar surface area (TPSA) is 17.1 Å². The molecule has 0 atom stereocenters. The molecule has 0 radical (unpaired) electrons. The highest BCUT2D eigenvalue weighted by Crippen LogP contribution is 2.27. The third-order valence-corrected chi connectivity index (χ3v) is 3.76. The number of ketones is 1. The van der Waals surface area contributed by atoms with E-state index in [-0.39, 0.29) is 5.82 Å². The highest BCUT2D eigenvalue weighted by atomic mass is 19.1. The van der Waals surface area contributed by atoms with Crippen molar-refractivity contribution in [3.8, 4) is 0 Å². The number of benzene rings is 1. The fourth-order valence-electron chi connectivity index (χ4n) is 2.65. The van der Waals surface area contributed by atoms with Crippen molar-refractivity contribution in [2.75, 3.05) is 0 Å². The fourth-order valence-corrected chi connectivity index (χ4v) is 2.65. The summed E-state index contributed by atoms with van der Waals surface area (Å²) in [6, 6.07) is 4.81. The lowest BCUT2D eigenvalue weighted by Crippen LogP contribution is -2.11. The maximum atomic E-state index is 12.9. The summed E-state index contributed by atoms with van der Waals surface area (Å²) in [7, 11) is 0. The van der Waals surface area contributed by atoms with Gasteiger partial charge in [-0.3, -0.25) is 4.79 Å². The molecule has 0 aromatic heterocycles. The van der Waals surface area contributed by atoms with Crippen molar-refractivity contribution in [1.29, 1.82) is 0 Å². The van der Waals surface area contributed by atoms with Crippen molar-refractivity contribution in [3.05, 3.63) is 35.1 Å². The fraction of sp³-hybridized carbons (Fsp3) is 0.533. The molecular weight excluding hydrogens is 215 g/mol. The molecule has 0 unspecified atom stereocenters. The first-order valence-corrected chi connectivity index (χ1v) is 6.44. The normalized spacial score (nSPS) is 16.4. The van der Waals surface area contributed by atoms with E-state index in [1.807, 2.05) is 6.92 Å². The lowest BCUT2D eigenvalue weighted by molar-refractivity contribution is -0.122. The lowest BCUT2D eigenvalue weighted by atomic mass is 9.95. The molecule has 0 heterocycles. The molecule has 17 heavy (non-hydrogen) atoms. The van der Waals surface area contributed by atoms with Gasteiger partial charge in [-0.2, -0.15) is 0 Å². The van der Waals surface area contributed by atoms with E-state index in [1.54, 1.807) is 6.07 Å². The van der Waals surface area contributed by atoms with E-state index in [9.17, 15) is 9.18 Å². The van der Waals surface area contributed by atoms with Gasteiger partial charge in [-0.15, -0.1) is 0 Å². The van der Waals surface area contributed by atoms with Crippen LogP contribution in [-0.2, 0) is 11.2 Å². The van der Waals surface area contributed by atoms with Gasteiger partial charge in [0, 0.05) is 12.3 Å². The molecule has 0 bridgehead atoms. The van der Waals surface area contributed by atoms with Crippen LogP contribution < -0.4 is 0 Å². The highest BCUT2D eigenvalue weighted by molar-refractivity contribution is 5.81. The van der Waals surface area contributed by atoms with Gasteiger partial charge in [0.05, 0.1) is 0 Å². The number of carbonyl (C=O) groups is 1. The summed E-state index contributed by atoms with van der Waals surface area (Å²) in [6.45, 7) is 1.90. The average Bonchev–Trinajstić information content (AvgIpc) is 2.81. The smallest absolute Gasteiger partial charge is 0.136 e. The first kappa shape index (κ1) is 12.3. The second kappa shape index (κ2) is 5.44. The summed E-state index contributed by atoms with van der Waals surface area (Å²) in [6.07, 6.45) is 5.90. The number of hydrogen-bond donors (Lipinski definition) is 0. The molecule has 1 saturated carbocycles. The van der Waals surface area contributed by atoms with Crippen LogP contribution in [0.25, 0.3) is 0 Å². The van der Waals surface area contributed by atoms with Gasteiger partial charge in [-0.1, -0.05) is 18.9 Å². The molecular formula is C15H19FO. The van der Waals surface area contributed by atoms with Crippen molar-refractivity contribution in [3.63, 3.8) is 0 Å². The zero-order chi connectivity index (χ0) is 12.3. The Morgan fingerprint density at radius 3 is 2.71 bits per heavy atom. The molecule has 2 heteroatoms. The van der Waals surface area contributed by atoms with Gasteiger partial charge in [-0.05, 0) is 49.4 Å². The van der Waals surface area contributed by atoms with Crippen molar-refractivity contribution < 1.29 is 9.18 Å². The quantitative estimate of drug-likeness (QED) is 0.774. The summed E-state index contributed by atoms with van der Waals surface area (Å²) < 4.78 is 12.9. The van der Waals surface area contributed by atoms with Crippen LogP contribution in [-0.4, -0.2) is 5.78 Å². The van der Waals surface area contributed by atoms with Crippen LogP contribution in [0.15, 0.2) is 18.2 Å².